The van der Waals surface area contributed by atoms with Gasteiger partial charge in [-0.3, -0.25) is 14.5 Å². The van der Waals surface area contributed by atoms with Crippen LogP contribution >= 0.6 is 23.1 Å². The molecule has 1 fully saturated rings. The molecular formula is C28H22FN3O3S2. The molecule has 0 spiro atoms. The van der Waals surface area contributed by atoms with Gasteiger partial charge in [-0.2, -0.15) is 0 Å². The van der Waals surface area contributed by atoms with E-state index in [0.29, 0.717) is 21.2 Å². The third-order valence-corrected chi connectivity index (χ3v) is 8.21. The number of hydrogen-bond donors (Lipinski definition) is 1. The van der Waals surface area contributed by atoms with Gasteiger partial charge in [0.05, 0.1) is 11.6 Å². The maximum absolute atomic E-state index is 13.3. The van der Waals surface area contributed by atoms with Crippen LogP contribution in [0, 0.1) is 19.7 Å². The number of carbonyl (C=O) groups is 2. The molecule has 186 valence electrons. The third-order valence-electron chi connectivity index (χ3n) is 6.09. The fourth-order valence-electron chi connectivity index (χ4n) is 4.20. The third kappa shape index (κ3) is 4.92. The van der Waals surface area contributed by atoms with Crippen molar-refractivity contribution in [3.63, 3.8) is 0 Å². The number of carbonyl (C=O) groups excluding carboxylic acids is 2. The van der Waals surface area contributed by atoms with E-state index in [1.165, 1.54) is 40.1 Å². The molecule has 1 N–H and O–H groups in total. The van der Waals surface area contributed by atoms with Crippen molar-refractivity contribution in [2.24, 2.45) is 0 Å². The SMILES string of the molecule is Cc1ccc(C)c(C(O)=C2C(=O)C(=O)N(c3nnc(SCc4ccc(F)cc4)s3)C2c2ccccc2)c1. The van der Waals surface area contributed by atoms with E-state index in [1.54, 1.807) is 18.2 Å². The molecule has 6 nitrogen and oxygen atoms in total. The summed E-state index contributed by atoms with van der Waals surface area (Å²) < 4.78 is 13.8. The molecule has 37 heavy (non-hydrogen) atoms. The van der Waals surface area contributed by atoms with Crippen molar-refractivity contribution in [2.45, 2.75) is 30.0 Å². The Morgan fingerprint density at radius 2 is 1.76 bits per heavy atom. The zero-order valence-electron chi connectivity index (χ0n) is 20.0. The van der Waals surface area contributed by atoms with Gasteiger partial charge < -0.3 is 5.11 Å². The molecule has 3 aromatic carbocycles. The Kier molecular flexibility index (Phi) is 6.90. The number of hydrogen-bond acceptors (Lipinski definition) is 7. The molecule has 2 heterocycles. The van der Waals surface area contributed by atoms with E-state index in [1.807, 2.05) is 56.3 Å². The maximum atomic E-state index is 13.3. The van der Waals surface area contributed by atoms with Crippen molar-refractivity contribution >= 4 is 45.7 Å². The number of aliphatic hydroxyl groups is 1. The minimum Gasteiger partial charge on any atom is -0.507 e. The molecule has 0 aliphatic carbocycles. The van der Waals surface area contributed by atoms with Crippen molar-refractivity contribution in [3.05, 3.63) is 112 Å². The van der Waals surface area contributed by atoms with Crippen LogP contribution in [0.2, 0.25) is 0 Å². The van der Waals surface area contributed by atoms with Gasteiger partial charge in [-0.25, -0.2) is 4.39 Å². The molecule has 4 aromatic rings. The fourth-order valence-corrected chi connectivity index (χ4v) is 6.02. The standard InChI is InChI=1S/C28H22FN3O3S2/c1-16-8-9-17(2)21(14-16)24(33)22-23(19-6-4-3-5-7-19)32(26(35)25(22)34)27-30-31-28(37-27)36-15-18-10-12-20(29)13-11-18/h3-14,23,33H,15H2,1-2H3. The lowest BCUT2D eigenvalue weighted by Crippen LogP contribution is -2.29. The number of rotatable bonds is 6. The quantitative estimate of drug-likeness (QED) is 0.105. The summed E-state index contributed by atoms with van der Waals surface area (Å²) in [6, 6.07) is 20.0. The molecule has 1 aromatic heterocycles. The summed E-state index contributed by atoms with van der Waals surface area (Å²) in [7, 11) is 0. The van der Waals surface area contributed by atoms with Gasteiger partial charge in [0, 0.05) is 11.3 Å². The summed E-state index contributed by atoms with van der Waals surface area (Å²) in [5, 5.41) is 20.1. The monoisotopic (exact) mass is 531 g/mol. The van der Waals surface area contributed by atoms with Gasteiger partial charge in [0.2, 0.25) is 5.13 Å². The Labute approximate surface area is 221 Å². The lowest BCUT2D eigenvalue weighted by atomic mass is 9.93. The van der Waals surface area contributed by atoms with Crippen molar-refractivity contribution in [1.29, 1.82) is 0 Å². The van der Waals surface area contributed by atoms with Gasteiger partial charge >= 0.3 is 5.91 Å². The van der Waals surface area contributed by atoms with Crippen LogP contribution in [0.1, 0.15) is 33.9 Å². The summed E-state index contributed by atoms with van der Waals surface area (Å²) in [6.07, 6.45) is 0. The summed E-state index contributed by atoms with van der Waals surface area (Å²) in [5.74, 6) is -1.52. The van der Waals surface area contributed by atoms with E-state index in [9.17, 15) is 19.1 Å². The van der Waals surface area contributed by atoms with E-state index in [-0.39, 0.29) is 22.3 Å². The minimum absolute atomic E-state index is 0.0145. The van der Waals surface area contributed by atoms with Crippen LogP contribution in [0.15, 0.2) is 82.7 Å². The van der Waals surface area contributed by atoms with Crippen molar-refractivity contribution < 1.29 is 19.1 Å². The highest BCUT2D eigenvalue weighted by molar-refractivity contribution is 8.00. The molecule has 0 saturated carbocycles. The van der Waals surface area contributed by atoms with Gasteiger partial charge in [0.15, 0.2) is 4.34 Å². The topological polar surface area (TPSA) is 83.4 Å². The normalized spacial score (nSPS) is 16.9. The van der Waals surface area contributed by atoms with E-state index in [2.05, 4.69) is 10.2 Å². The molecule has 1 aliphatic heterocycles. The number of benzene rings is 3. The largest absolute Gasteiger partial charge is 0.507 e. The van der Waals surface area contributed by atoms with Gasteiger partial charge in [0.1, 0.15) is 11.6 Å². The summed E-state index contributed by atoms with van der Waals surface area (Å²) in [6.45, 7) is 3.74. The fraction of sp³-hybridized carbons (Fsp3) is 0.143. The summed E-state index contributed by atoms with van der Waals surface area (Å²) in [4.78, 5) is 28.0. The number of ketones is 1. The number of aliphatic hydroxyl groups excluding tert-OH is 1. The van der Waals surface area contributed by atoms with Crippen LogP contribution < -0.4 is 4.90 Å². The van der Waals surface area contributed by atoms with Crippen LogP contribution in [0.25, 0.3) is 5.76 Å². The number of nitrogens with zero attached hydrogens (tertiary/aromatic N) is 3. The van der Waals surface area contributed by atoms with E-state index in [4.69, 9.17) is 0 Å². The van der Waals surface area contributed by atoms with Crippen molar-refractivity contribution in [1.82, 2.24) is 10.2 Å². The first-order valence-electron chi connectivity index (χ1n) is 11.5. The number of halogens is 1. The van der Waals surface area contributed by atoms with Crippen LogP contribution in [0.5, 0.6) is 0 Å². The molecule has 5 rings (SSSR count). The number of aryl methyl sites for hydroxylation is 2. The lowest BCUT2D eigenvalue weighted by Gasteiger charge is -2.22. The van der Waals surface area contributed by atoms with Crippen LogP contribution in [-0.2, 0) is 15.3 Å². The molecule has 1 unspecified atom stereocenters. The average Bonchev–Trinajstić information content (AvgIpc) is 3.47. The van der Waals surface area contributed by atoms with Gasteiger partial charge in [-0.15, -0.1) is 10.2 Å². The zero-order chi connectivity index (χ0) is 26.1. The van der Waals surface area contributed by atoms with Gasteiger partial charge in [-0.05, 0) is 48.7 Å². The van der Waals surface area contributed by atoms with Crippen LogP contribution in [0.4, 0.5) is 9.52 Å². The lowest BCUT2D eigenvalue weighted by molar-refractivity contribution is -0.132. The Bertz CT molecular complexity index is 1520. The zero-order valence-corrected chi connectivity index (χ0v) is 21.6. The second-order valence-corrected chi connectivity index (χ2v) is 10.8. The highest BCUT2D eigenvalue weighted by Crippen LogP contribution is 2.44. The van der Waals surface area contributed by atoms with Crippen LogP contribution in [-0.4, -0.2) is 27.0 Å². The predicted molar refractivity (Wildman–Crippen MR) is 143 cm³/mol. The molecular weight excluding hydrogens is 509 g/mol. The number of Topliss-reactive ketones (excluding diaryl/α,β-unsaturated/α-hetero) is 1. The first-order chi connectivity index (χ1) is 17.8. The average molecular weight is 532 g/mol. The molecule has 1 amide bonds. The second kappa shape index (κ2) is 10.3. The molecule has 1 atom stereocenters. The number of thioether (sulfide) groups is 1. The maximum Gasteiger partial charge on any atom is 0.301 e. The van der Waals surface area contributed by atoms with Crippen LogP contribution in [0.3, 0.4) is 0 Å². The van der Waals surface area contributed by atoms with Crippen molar-refractivity contribution in [2.75, 3.05) is 4.90 Å². The molecule has 0 bridgehead atoms. The first-order valence-corrected chi connectivity index (χ1v) is 13.3. The van der Waals surface area contributed by atoms with Gasteiger partial charge in [0.25, 0.3) is 5.78 Å². The summed E-state index contributed by atoms with van der Waals surface area (Å²) >= 11 is 2.59. The summed E-state index contributed by atoms with van der Waals surface area (Å²) in [5.41, 5.74) is 3.82. The molecule has 1 saturated heterocycles. The molecule has 0 radical (unpaired) electrons. The van der Waals surface area contributed by atoms with E-state index < -0.39 is 17.7 Å². The Balaban J connectivity index is 1.54. The van der Waals surface area contributed by atoms with E-state index >= 15 is 0 Å². The highest BCUT2D eigenvalue weighted by atomic mass is 32.2. The predicted octanol–water partition coefficient (Wildman–Crippen LogP) is 6.21. The van der Waals surface area contributed by atoms with E-state index in [0.717, 1.165) is 16.7 Å². The molecule has 9 heteroatoms. The smallest absolute Gasteiger partial charge is 0.301 e. The first kappa shape index (κ1) is 24.9. The number of anilines is 1. The number of aromatic nitrogens is 2. The Morgan fingerprint density at radius 1 is 1.03 bits per heavy atom. The Hall–Kier alpha value is -3.82. The highest BCUT2D eigenvalue weighted by Gasteiger charge is 2.48. The van der Waals surface area contributed by atoms with Gasteiger partial charge in [-0.1, -0.05) is 83.3 Å². The number of amides is 1. The molecule has 1 aliphatic rings. The Morgan fingerprint density at radius 3 is 2.49 bits per heavy atom. The van der Waals surface area contributed by atoms with Crippen molar-refractivity contribution in [3.8, 4) is 0 Å². The second-order valence-electron chi connectivity index (χ2n) is 8.66. The minimum atomic E-state index is -0.857.